The minimum Gasteiger partial charge on any atom is -0.308 e. The van der Waals surface area contributed by atoms with Crippen molar-refractivity contribution >= 4 is 16.7 Å². The van der Waals surface area contributed by atoms with Crippen LogP contribution in [0.2, 0.25) is 0 Å². The number of nitrogens with two attached hydrogens (primary N) is 1. The maximum absolute atomic E-state index is 12.8. The average Bonchev–Trinajstić information content (AvgIpc) is 2.16. The number of nitrogen functional groups attached to an aromatic ring is 1. The van der Waals surface area contributed by atoms with Gasteiger partial charge in [0, 0.05) is 5.39 Å². The van der Waals surface area contributed by atoms with Gasteiger partial charge in [-0.15, -0.1) is 0 Å². The van der Waals surface area contributed by atoms with Gasteiger partial charge in [0.1, 0.15) is 0 Å². The van der Waals surface area contributed by atoms with E-state index in [1.807, 2.05) is 6.07 Å². The molecular weight excluding hydrogens is 171 g/mol. The van der Waals surface area contributed by atoms with Crippen LogP contribution in [0.15, 0.2) is 24.3 Å². The van der Waals surface area contributed by atoms with Gasteiger partial charge in [0.2, 0.25) is 0 Å². The van der Waals surface area contributed by atoms with E-state index in [4.69, 9.17) is 5.84 Å². The van der Waals surface area contributed by atoms with Crippen molar-refractivity contribution in [1.82, 2.24) is 9.97 Å². The first kappa shape index (κ1) is 7.88. The number of aromatic nitrogens is 2. The second-order valence-electron chi connectivity index (χ2n) is 2.50. The Bertz CT molecular complexity index is 443. The summed E-state index contributed by atoms with van der Waals surface area (Å²) >= 11 is 0. The van der Waals surface area contributed by atoms with Crippen LogP contribution in [0.4, 0.5) is 10.2 Å². The van der Waals surface area contributed by atoms with Crippen molar-refractivity contribution in [3.63, 3.8) is 0 Å². The number of fused-ring (bicyclic) bond motifs is 1. The van der Waals surface area contributed by atoms with Crippen LogP contribution in [0, 0.1) is 6.08 Å². The van der Waals surface area contributed by atoms with Crippen molar-refractivity contribution in [2.45, 2.75) is 0 Å². The van der Waals surface area contributed by atoms with Crippen molar-refractivity contribution < 1.29 is 4.39 Å². The molecular formula is C8H7FN4. The summed E-state index contributed by atoms with van der Waals surface area (Å²) in [5.74, 6) is 5.47. The lowest BCUT2D eigenvalue weighted by molar-refractivity contribution is 0.546. The molecule has 0 amide bonds. The number of para-hydroxylation sites is 1. The molecule has 0 aliphatic carbocycles. The zero-order valence-electron chi connectivity index (χ0n) is 6.66. The van der Waals surface area contributed by atoms with Gasteiger partial charge < -0.3 is 5.43 Å². The number of nitrogens with one attached hydrogen (secondary N) is 1. The monoisotopic (exact) mass is 178 g/mol. The van der Waals surface area contributed by atoms with Gasteiger partial charge in [-0.3, -0.25) is 0 Å². The van der Waals surface area contributed by atoms with E-state index >= 15 is 0 Å². The normalized spacial score (nSPS) is 10.3. The minimum absolute atomic E-state index is 0.295. The fourth-order valence-electron chi connectivity index (χ4n) is 1.16. The molecule has 2 aromatic rings. The van der Waals surface area contributed by atoms with Crippen LogP contribution in [-0.4, -0.2) is 9.97 Å². The topological polar surface area (TPSA) is 63.8 Å². The van der Waals surface area contributed by atoms with Gasteiger partial charge >= 0.3 is 6.08 Å². The van der Waals surface area contributed by atoms with Crippen LogP contribution >= 0.6 is 0 Å². The van der Waals surface area contributed by atoms with Gasteiger partial charge in [-0.25, -0.2) is 10.8 Å². The molecule has 66 valence electrons. The van der Waals surface area contributed by atoms with E-state index < -0.39 is 6.08 Å². The largest absolute Gasteiger partial charge is 0.311 e. The highest BCUT2D eigenvalue weighted by Gasteiger charge is 2.04. The molecule has 1 aromatic carbocycles. The quantitative estimate of drug-likeness (QED) is 0.389. The van der Waals surface area contributed by atoms with Gasteiger partial charge in [-0.1, -0.05) is 12.1 Å². The molecule has 0 atom stereocenters. The van der Waals surface area contributed by atoms with Gasteiger partial charge in [0.15, 0.2) is 5.82 Å². The lowest BCUT2D eigenvalue weighted by atomic mass is 10.2. The molecule has 0 aliphatic rings. The number of anilines is 1. The smallest absolute Gasteiger partial charge is 0.308 e. The summed E-state index contributed by atoms with van der Waals surface area (Å²) in [4.78, 5) is 7.12. The van der Waals surface area contributed by atoms with Gasteiger partial charge in [-0.05, 0) is 12.1 Å². The van der Waals surface area contributed by atoms with Crippen molar-refractivity contribution in [1.29, 1.82) is 0 Å². The third kappa shape index (κ3) is 1.29. The first-order valence-corrected chi connectivity index (χ1v) is 3.70. The Kier molecular flexibility index (Phi) is 1.79. The number of halogens is 1. The van der Waals surface area contributed by atoms with Gasteiger partial charge in [0.25, 0.3) is 0 Å². The van der Waals surface area contributed by atoms with Crippen molar-refractivity contribution in [2.24, 2.45) is 5.84 Å². The SMILES string of the molecule is NNc1nc(F)nc2ccccc12. The van der Waals surface area contributed by atoms with Crippen molar-refractivity contribution in [3.05, 3.63) is 30.3 Å². The lowest BCUT2D eigenvalue weighted by Crippen LogP contribution is -2.10. The van der Waals surface area contributed by atoms with Crippen LogP contribution in [0.25, 0.3) is 10.9 Å². The average molecular weight is 178 g/mol. The third-order valence-corrected chi connectivity index (χ3v) is 1.71. The van der Waals surface area contributed by atoms with Crippen LogP contribution in [-0.2, 0) is 0 Å². The fourth-order valence-corrected chi connectivity index (χ4v) is 1.16. The summed E-state index contributed by atoms with van der Waals surface area (Å²) in [7, 11) is 0. The predicted octanol–water partition coefficient (Wildman–Crippen LogP) is 1.05. The highest BCUT2D eigenvalue weighted by molar-refractivity contribution is 5.88. The molecule has 5 heteroatoms. The van der Waals surface area contributed by atoms with E-state index in [1.165, 1.54) is 0 Å². The van der Waals surface area contributed by atoms with Crippen LogP contribution in [0.5, 0.6) is 0 Å². The molecule has 1 aromatic heterocycles. The fraction of sp³-hybridized carbons (Fsp3) is 0. The number of hydrogen-bond acceptors (Lipinski definition) is 4. The number of nitrogens with zero attached hydrogens (tertiary/aromatic N) is 2. The van der Waals surface area contributed by atoms with Crippen LogP contribution in [0.3, 0.4) is 0 Å². The molecule has 0 fully saturated rings. The first-order valence-electron chi connectivity index (χ1n) is 3.70. The maximum atomic E-state index is 12.8. The molecule has 0 spiro atoms. The standard InChI is InChI=1S/C8H7FN4/c9-8-11-6-4-2-1-3-5(6)7(12-8)13-10/h1-4H,10H2,(H,11,12,13). The van der Waals surface area contributed by atoms with Gasteiger partial charge in [-0.2, -0.15) is 9.37 Å². The van der Waals surface area contributed by atoms with Crippen molar-refractivity contribution in [3.8, 4) is 0 Å². The Morgan fingerprint density at radius 2 is 2.00 bits per heavy atom. The molecule has 2 rings (SSSR count). The number of hydrazine groups is 1. The second-order valence-corrected chi connectivity index (χ2v) is 2.50. The highest BCUT2D eigenvalue weighted by Crippen LogP contribution is 2.18. The molecule has 3 N–H and O–H groups in total. The Morgan fingerprint density at radius 3 is 2.77 bits per heavy atom. The Hall–Kier alpha value is -1.75. The van der Waals surface area contributed by atoms with E-state index in [1.54, 1.807) is 18.2 Å². The minimum atomic E-state index is -0.786. The summed E-state index contributed by atoms with van der Waals surface area (Å²) in [6.45, 7) is 0. The molecule has 0 unspecified atom stereocenters. The van der Waals surface area contributed by atoms with E-state index in [0.717, 1.165) is 0 Å². The molecule has 0 bridgehead atoms. The van der Waals surface area contributed by atoms with Gasteiger partial charge in [0.05, 0.1) is 5.52 Å². The molecule has 1 heterocycles. The summed E-state index contributed by atoms with van der Waals surface area (Å²) in [6, 6.07) is 7.05. The van der Waals surface area contributed by atoms with E-state index in [2.05, 4.69) is 15.4 Å². The molecule has 4 nitrogen and oxygen atoms in total. The summed E-state index contributed by atoms with van der Waals surface area (Å²) in [5, 5.41) is 0.700. The number of hydrogen-bond donors (Lipinski definition) is 2. The zero-order chi connectivity index (χ0) is 9.26. The zero-order valence-corrected chi connectivity index (χ0v) is 6.66. The Labute approximate surface area is 73.6 Å². The molecule has 0 saturated carbocycles. The van der Waals surface area contributed by atoms with Crippen LogP contribution < -0.4 is 11.3 Å². The molecule has 0 aliphatic heterocycles. The number of rotatable bonds is 1. The first-order chi connectivity index (χ1) is 6.31. The maximum Gasteiger partial charge on any atom is 0.311 e. The summed E-state index contributed by atoms with van der Waals surface area (Å²) < 4.78 is 12.8. The van der Waals surface area contributed by atoms with Crippen molar-refractivity contribution in [2.75, 3.05) is 5.43 Å². The second kappa shape index (κ2) is 2.95. The van der Waals surface area contributed by atoms with Crippen LogP contribution in [0.1, 0.15) is 0 Å². The molecule has 0 saturated heterocycles. The highest BCUT2D eigenvalue weighted by atomic mass is 19.1. The van der Waals surface area contributed by atoms with E-state index in [9.17, 15) is 4.39 Å². The lowest BCUT2D eigenvalue weighted by Gasteiger charge is -2.02. The van der Waals surface area contributed by atoms with E-state index in [0.29, 0.717) is 16.7 Å². The third-order valence-electron chi connectivity index (χ3n) is 1.71. The predicted molar refractivity (Wildman–Crippen MR) is 47.3 cm³/mol. The summed E-state index contributed by atoms with van der Waals surface area (Å²) in [6.07, 6.45) is -0.786. The van der Waals surface area contributed by atoms with E-state index in [-0.39, 0.29) is 0 Å². The Balaban J connectivity index is 2.81. The Morgan fingerprint density at radius 1 is 1.23 bits per heavy atom. The molecule has 13 heavy (non-hydrogen) atoms. The summed E-state index contributed by atoms with van der Waals surface area (Å²) in [5.41, 5.74) is 2.85. The number of benzene rings is 1. The molecule has 0 radical (unpaired) electrons.